The first-order chi connectivity index (χ1) is 5.74. The summed E-state index contributed by atoms with van der Waals surface area (Å²) >= 11 is 0. The molecule has 0 aliphatic heterocycles. The maximum Gasteiger partial charge on any atom is 2.00 e. The standard InChI is InChI=1S/3C2H7NO.Cu/c3*3-1-2-4;/h3*4H,1-3H2;/q;;;+2. The van der Waals surface area contributed by atoms with E-state index in [1.807, 2.05) is 0 Å². The summed E-state index contributed by atoms with van der Waals surface area (Å²) < 4.78 is 0. The number of rotatable bonds is 3. The first-order valence-electron chi connectivity index (χ1n) is 3.67. The molecule has 0 aromatic rings. The number of hydrogen-bond acceptors (Lipinski definition) is 6. The minimum Gasteiger partial charge on any atom is -0.395 e. The Labute approximate surface area is 89.6 Å². The molecule has 0 atom stereocenters. The normalized spacial score (nSPS) is 6.92. The van der Waals surface area contributed by atoms with Crippen molar-refractivity contribution < 1.29 is 32.4 Å². The van der Waals surface area contributed by atoms with Crippen LogP contribution in [0.1, 0.15) is 0 Å². The molecular weight excluding hydrogens is 226 g/mol. The van der Waals surface area contributed by atoms with Crippen molar-refractivity contribution in [3.8, 4) is 0 Å². The van der Waals surface area contributed by atoms with Gasteiger partial charge in [0.1, 0.15) is 0 Å². The molecule has 0 unspecified atom stereocenters. The van der Waals surface area contributed by atoms with Gasteiger partial charge >= 0.3 is 17.1 Å². The van der Waals surface area contributed by atoms with E-state index in [4.69, 9.17) is 32.5 Å². The Morgan fingerprint density at radius 3 is 0.692 bits per heavy atom. The minimum atomic E-state index is 0. The molecular formula is C6H21CuN3O3+2. The summed E-state index contributed by atoms with van der Waals surface area (Å²) in [6.45, 7) is 1.42. The van der Waals surface area contributed by atoms with Crippen molar-refractivity contribution in [3.05, 3.63) is 0 Å². The van der Waals surface area contributed by atoms with E-state index in [9.17, 15) is 0 Å². The van der Waals surface area contributed by atoms with E-state index in [1.165, 1.54) is 0 Å². The minimum absolute atomic E-state index is 0. The molecule has 9 N–H and O–H groups in total. The van der Waals surface area contributed by atoms with Crippen LogP contribution >= 0.6 is 0 Å². The summed E-state index contributed by atoms with van der Waals surface area (Å²) in [5.41, 5.74) is 14.3. The molecule has 0 saturated carbocycles. The zero-order valence-electron chi connectivity index (χ0n) is 7.62. The molecule has 0 amide bonds. The maximum atomic E-state index is 7.75. The molecule has 6 nitrogen and oxygen atoms in total. The summed E-state index contributed by atoms with van der Waals surface area (Å²) in [5, 5.41) is 23.2. The van der Waals surface area contributed by atoms with Crippen LogP contribution in [0.25, 0.3) is 0 Å². The molecule has 0 spiro atoms. The topological polar surface area (TPSA) is 139 Å². The van der Waals surface area contributed by atoms with Crippen molar-refractivity contribution in [2.24, 2.45) is 17.2 Å². The van der Waals surface area contributed by atoms with Crippen LogP contribution in [0.15, 0.2) is 0 Å². The molecule has 0 bridgehead atoms. The second-order valence-corrected chi connectivity index (χ2v) is 1.54. The summed E-state index contributed by atoms with van der Waals surface area (Å²) in [4.78, 5) is 0. The van der Waals surface area contributed by atoms with Gasteiger partial charge in [-0.3, -0.25) is 0 Å². The quantitative estimate of drug-likeness (QED) is 0.290. The van der Waals surface area contributed by atoms with Crippen molar-refractivity contribution in [1.29, 1.82) is 0 Å². The van der Waals surface area contributed by atoms with Gasteiger partial charge in [0.15, 0.2) is 0 Å². The molecule has 1 radical (unpaired) electrons. The third-order valence-electron chi connectivity index (χ3n) is 0.387. The SMILES string of the molecule is NCCO.NCCO.NCCO.[Cu+2]. The number of aliphatic hydroxyl groups is 3. The monoisotopic (exact) mass is 246 g/mol. The average Bonchev–Trinajstić information content (AvgIpc) is 2.18. The van der Waals surface area contributed by atoms with E-state index < -0.39 is 0 Å². The van der Waals surface area contributed by atoms with E-state index >= 15 is 0 Å². The van der Waals surface area contributed by atoms with Crippen molar-refractivity contribution >= 4 is 0 Å². The fourth-order valence-electron chi connectivity index (χ4n) is 0. The second kappa shape index (κ2) is 39.6. The first-order valence-corrected chi connectivity index (χ1v) is 3.67. The molecule has 7 heteroatoms. The smallest absolute Gasteiger partial charge is 0.395 e. The number of aliphatic hydroxyl groups excluding tert-OH is 3. The van der Waals surface area contributed by atoms with Gasteiger partial charge in [-0.25, -0.2) is 0 Å². The molecule has 0 aliphatic rings. The van der Waals surface area contributed by atoms with Crippen molar-refractivity contribution in [2.45, 2.75) is 0 Å². The van der Waals surface area contributed by atoms with Crippen molar-refractivity contribution in [3.63, 3.8) is 0 Å². The molecule has 0 fully saturated rings. The molecule has 0 aromatic carbocycles. The van der Waals surface area contributed by atoms with Gasteiger partial charge in [-0.15, -0.1) is 0 Å². The fraction of sp³-hybridized carbons (Fsp3) is 1.00. The fourth-order valence-corrected chi connectivity index (χ4v) is 0. The third-order valence-corrected chi connectivity index (χ3v) is 0.387. The third kappa shape index (κ3) is 121. The number of nitrogens with two attached hydrogens (primary N) is 3. The zero-order chi connectivity index (χ0) is 10.2. The Hall–Kier alpha value is 0.279. The van der Waals surface area contributed by atoms with E-state index in [0.717, 1.165) is 0 Å². The number of hydrogen-bond donors (Lipinski definition) is 6. The van der Waals surface area contributed by atoms with Gasteiger partial charge in [-0.1, -0.05) is 0 Å². The van der Waals surface area contributed by atoms with E-state index in [2.05, 4.69) is 0 Å². The maximum absolute atomic E-state index is 7.75. The Kier molecular flexibility index (Phi) is 70.9. The van der Waals surface area contributed by atoms with Crippen LogP contribution in [0.5, 0.6) is 0 Å². The Bertz CT molecular complexity index is 38.6. The van der Waals surface area contributed by atoms with Gasteiger partial charge in [0.2, 0.25) is 0 Å². The van der Waals surface area contributed by atoms with Crippen LogP contribution < -0.4 is 17.2 Å². The van der Waals surface area contributed by atoms with Gasteiger partial charge < -0.3 is 32.5 Å². The molecule has 0 aliphatic carbocycles. The van der Waals surface area contributed by atoms with Gasteiger partial charge in [-0.2, -0.15) is 0 Å². The van der Waals surface area contributed by atoms with Gasteiger partial charge in [0, 0.05) is 19.6 Å². The zero-order valence-corrected chi connectivity index (χ0v) is 8.56. The predicted molar refractivity (Wildman–Crippen MR) is 48.4 cm³/mol. The molecule has 0 saturated heterocycles. The second-order valence-electron chi connectivity index (χ2n) is 1.54. The van der Waals surface area contributed by atoms with E-state index in [0.29, 0.717) is 19.6 Å². The van der Waals surface area contributed by atoms with Crippen LogP contribution in [0.2, 0.25) is 0 Å². The summed E-state index contributed by atoms with van der Waals surface area (Å²) in [7, 11) is 0. The summed E-state index contributed by atoms with van der Waals surface area (Å²) in [6, 6.07) is 0. The molecule has 0 heterocycles. The van der Waals surface area contributed by atoms with Crippen molar-refractivity contribution in [1.82, 2.24) is 0 Å². The first kappa shape index (κ1) is 23.3. The predicted octanol–water partition coefficient (Wildman–Crippen LogP) is -3.19. The molecule has 87 valence electrons. The Balaban J connectivity index is -0.0000000450. The van der Waals surface area contributed by atoms with Gasteiger partial charge in [0.25, 0.3) is 0 Å². The average molecular weight is 247 g/mol. The molecule has 0 rings (SSSR count). The largest absolute Gasteiger partial charge is 2.00 e. The van der Waals surface area contributed by atoms with E-state index in [1.54, 1.807) is 0 Å². The van der Waals surface area contributed by atoms with Crippen LogP contribution in [-0.4, -0.2) is 54.8 Å². The van der Waals surface area contributed by atoms with Crippen molar-refractivity contribution in [2.75, 3.05) is 39.5 Å². The molecule has 13 heavy (non-hydrogen) atoms. The van der Waals surface area contributed by atoms with Gasteiger partial charge in [0.05, 0.1) is 19.8 Å². The molecule has 0 aromatic heterocycles. The van der Waals surface area contributed by atoms with Crippen LogP contribution in [0.3, 0.4) is 0 Å². The Morgan fingerprint density at radius 2 is 0.692 bits per heavy atom. The summed E-state index contributed by atoms with van der Waals surface area (Å²) in [5.74, 6) is 0. The van der Waals surface area contributed by atoms with Crippen LogP contribution in [-0.2, 0) is 17.1 Å². The summed E-state index contributed by atoms with van der Waals surface area (Å²) in [6.07, 6.45) is 0. The van der Waals surface area contributed by atoms with Crippen LogP contribution in [0, 0.1) is 0 Å². The van der Waals surface area contributed by atoms with Gasteiger partial charge in [-0.05, 0) is 0 Å². The van der Waals surface area contributed by atoms with Crippen LogP contribution in [0.4, 0.5) is 0 Å². The van der Waals surface area contributed by atoms with E-state index in [-0.39, 0.29) is 36.9 Å². The Morgan fingerprint density at radius 1 is 0.615 bits per heavy atom.